The van der Waals surface area contributed by atoms with E-state index in [1.807, 2.05) is 44.4 Å². The number of rotatable bonds is 4. The van der Waals surface area contributed by atoms with E-state index in [1.54, 1.807) is 12.1 Å². The molecule has 1 amide bonds. The van der Waals surface area contributed by atoms with Gasteiger partial charge < -0.3 is 14.6 Å². The highest BCUT2D eigenvalue weighted by Gasteiger charge is 2.20. The predicted octanol–water partition coefficient (Wildman–Crippen LogP) is 4.61. The van der Waals surface area contributed by atoms with E-state index in [2.05, 4.69) is 10.5 Å². The Kier molecular flexibility index (Phi) is 4.78. The van der Waals surface area contributed by atoms with Gasteiger partial charge in [0, 0.05) is 28.5 Å². The standard InChI is InChI=1S/C19H20ClN3O3/c1-10-6-16(17(25-5)9-15(10)20)21-19(24)14-7-11(2)23(13(14)4)18-8-12(3)26-22-18/h6-9H,1-5H3,(H,21,24). The lowest BCUT2D eigenvalue weighted by molar-refractivity contribution is 0.102. The average molecular weight is 374 g/mol. The van der Waals surface area contributed by atoms with Crippen LogP contribution in [0.2, 0.25) is 5.02 Å². The smallest absolute Gasteiger partial charge is 0.257 e. The van der Waals surface area contributed by atoms with E-state index < -0.39 is 0 Å². The maximum atomic E-state index is 12.8. The molecule has 26 heavy (non-hydrogen) atoms. The summed E-state index contributed by atoms with van der Waals surface area (Å²) in [6.07, 6.45) is 0. The van der Waals surface area contributed by atoms with Gasteiger partial charge in [-0.25, -0.2) is 0 Å². The molecule has 1 N–H and O–H groups in total. The zero-order valence-electron chi connectivity index (χ0n) is 15.3. The maximum absolute atomic E-state index is 12.8. The van der Waals surface area contributed by atoms with Crippen LogP contribution in [-0.2, 0) is 0 Å². The second kappa shape index (κ2) is 6.88. The first-order valence-electron chi connectivity index (χ1n) is 8.10. The van der Waals surface area contributed by atoms with E-state index in [0.717, 1.165) is 17.0 Å². The van der Waals surface area contributed by atoms with Gasteiger partial charge in [-0.05, 0) is 45.4 Å². The molecule has 0 aliphatic carbocycles. The maximum Gasteiger partial charge on any atom is 0.257 e. The molecule has 1 aromatic carbocycles. The van der Waals surface area contributed by atoms with Crippen molar-refractivity contribution in [2.24, 2.45) is 0 Å². The van der Waals surface area contributed by atoms with Gasteiger partial charge in [-0.1, -0.05) is 16.8 Å². The van der Waals surface area contributed by atoms with Crippen LogP contribution in [0.4, 0.5) is 5.69 Å². The molecular weight excluding hydrogens is 354 g/mol. The summed E-state index contributed by atoms with van der Waals surface area (Å²) in [5.41, 5.74) is 3.64. The van der Waals surface area contributed by atoms with E-state index in [1.165, 1.54) is 7.11 Å². The summed E-state index contributed by atoms with van der Waals surface area (Å²) in [4.78, 5) is 12.8. The zero-order valence-corrected chi connectivity index (χ0v) is 16.1. The minimum absolute atomic E-state index is 0.232. The number of nitrogens with one attached hydrogen (secondary N) is 1. The predicted molar refractivity (Wildman–Crippen MR) is 101 cm³/mol. The third-order valence-electron chi connectivity index (χ3n) is 4.25. The number of aryl methyl sites for hydroxylation is 3. The number of aromatic nitrogens is 2. The molecule has 0 spiro atoms. The van der Waals surface area contributed by atoms with Crippen molar-refractivity contribution in [3.8, 4) is 11.6 Å². The van der Waals surface area contributed by atoms with E-state index >= 15 is 0 Å². The fourth-order valence-electron chi connectivity index (χ4n) is 2.92. The molecule has 0 saturated carbocycles. The highest BCUT2D eigenvalue weighted by molar-refractivity contribution is 6.31. The lowest BCUT2D eigenvalue weighted by Gasteiger charge is -2.12. The molecule has 6 nitrogen and oxygen atoms in total. The van der Waals surface area contributed by atoms with Crippen molar-refractivity contribution in [1.29, 1.82) is 0 Å². The molecule has 0 aliphatic heterocycles. The molecular formula is C19H20ClN3O3. The fraction of sp³-hybridized carbons (Fsp3) is 0.263. The number of carbonyl (C=O) groups excluding carboxylic acids is 1. The highest BCUT2D eigenvalue weighted by Crippen LogP contribution is 2.31. The number of amides is 1. The lowest BCUT2D eigenvalue weighted by atomic mass is 10.2. The largest absolute Gasteiger partial charge is 0.495 e. The number of hydrogen-bond donors (Lipinski definition) is 1. The van der Waals surface area contributed by atoms with Crippen molar-refractivity contribution >= 4 is 23.2 Å². The van der Waals surface area contributed by atoms with Crippen molar-refractivity contribution in [3.05, 3.63) is 57.6 Å². The molecule has 2 heterocycles. The second-order valence-corrected chi connectivity index (χ2v) is 6.58. The number of benzene rings is 1. The van der Waals surface area contributed by atoms with Gasteiger partial charge in [0.2, 0.25) is 0 Å². The number of ether oxygens (including phenoxy) is 1. The molecule has 2 aromatic heterocycles. The molecule has 3 aromatic rings. The van der Waals surface area contributed by atoms with Crippen molar-refractivity contribution in [2.45, 2.75) is 27.7 Å². The van der Waals surface area contributed by atoms with Gasteiger partial charge in [0.15, 0.2) is 5.82 Å². The van der Waals surface area contributed by atoms with Gasteiger partial charge in [0.1, 0.15) is 11.5 Å². The molecule has 0 fully saturated rings. The molecule has 136 valence electrons. The number of carbonyl (C=O) groups is 1. The SMILES string of the molecule is COc1cc(Cl)c(C)cc1NC(=O)c1cc(C)n(-c2cc(C)on2)c1C. The summed E-state index contributed by atoms with van der Waals surface area (Å²) in [6, 6.07) is 7.13. The van der Waals surface area contributed by atoms with E-state index in [0.29, 0.717) is 33.6 Å². The minimum atomic E-state index is -0.232. The average Bonchev–Trinajstić information content (AvgIpc) is 3.13. The topological polar surface area (TPSA) is 69.3 Å². The Labute approximate surface area is 156 Å². The zero-order chi connectivity index (χ0) is 19.0. The number of nitrogens with zero attached hydrogens (tertiary/aromatic N) is 2. The molecule has 3 rings (SSSR count). The molecule has 0 aliphatic rings. The Morgan fingerprint density at radius 2 is 1.92 bits per heavy atom. The van der Waals surface area contributed by atoms with Gasteiger partial charge in [-0.15, -0.1) is 0 Å². The first-order valence-corrected chi connectivity index (χ1v) is 8.47. The quantitative estimate of drug-likeness (QED) is 0.724. The van der Waals surface area contributed by atoms with E-state index in [4.69, 9.17) is 20.9 Å². The Hall–Kier alpha value is -2.73. The van der Waals surface area contributed by atoms with E-state index in [-0.39, 0.29) is 5.91 Å². The Morgan fingerprint density at radius 3 is 2.54 bits per heavy atom. The summed E-state index contributed by atoms with van der Waals surface area (Å²) < 4.78 is 12.4. The molecule has 0 atom stereocenters. The van der Waals surface area contributed by atoms with Crippen LogP contribution < -0.4 is 10.1 Å². The summed E-state index contributed by atoms with van der Waals surface area (Å²) in [5.74, 6) is 1.64. The van der Waals surface area contributed by atoms with Crippen LogP contribution in [0.3, 0.4) is 0 Å². The van der Waals surface area contributed by atoms with E-state index in [9.17, 15) is 4.79 Å². The van der Waals surface area contributed by atoms with Gasteiger partial charge in [-0.2, -0.15) is 0 Å². The van der Waals surface area contributed by atoms with Gasteiger partial charge in [0.25, 0.3) is 5.91 Å². The van der Waals surface area contributed by atoms with Crippen LogP contribution in [0.15, 0.2) is 28.8 Å². The third-order valence-corrected chi connectivity index (χ3v) is 4.66. The summed E-state index contributed by atoms with van der Waals surface area (Å²) in [6.45, 7) is 7.49. The van der Waals surface area contributed by atoms with Crippen molar-refractivity contribution in [2.75, 3.05) is 12.4 Å². The fourth-order valence-corrected chi connectivity index (χ4v) is 3.08. The minimum Gasteiger partial charge on any atom is -0.495 e. The molecule has 0 unspecified atom stereocenters. The first kappa shape index (κ1) is 18.1. The summed E-state index contributed by atoms with van der Waals surface area (Å²) in [7, 11) is 1.54. The Morgan fingerprint density at radius 1 is 1.19 bits per heavy atom. The summed E-state index contributed by atoms with van der Waals surface area (Å²) >= 11 is 6.13. The Balaban J connectivity index is 1.96. The molecule has 7 heteroatoms. The first-order chi connectivity index (χ1) is 12.3. The van der Waals surface area contributed by atoms with Crippen LogP contribution in [0, 0.1) is 27.7 Å². The van der Waals surface area contributed by atoms with Crippen LogP contribution in [-0.4, -0.2) is 22.7 Å². The van der Waals surface area contributed by atoms with Crippen LogP contribution in [0.1, 0.15) is 33.1 Å². The van der Waals surface area contributed by atoms with Gasteiger partial charge >= 0.3 is 0 Å². The van der Waals surface area contributed by atoms with Crippen molar-refractivity contribution in [3.63, 3.8) is 0 Å². The van der Waals surface area contributed by atoms with Crippen LogP contribution >= 0.6 is 11.6 Å². The van der Waals surface area contributed by atoms with Crippen LogP contribution in [0.5, 0.6) is 5.75 Å². The monoisotopic (exact) mass is 373 g/mol. The lowest BCUT2D eigenvalue weighted by Crippen LogP contribution is -2.14. The number of anilines is 1. The van der Waals surface area contributed by atoms with Gasteiger partial charge in [-0.3, -0.25) is 9.36 Å². The van der Waals surface area contributed by atoms with Gasteiger partial charge in [0.05, 0.1) is 18.4 Å². The van der Waals surface area contributed by atoms with Crippen molar-refractivity contribution < 1.29 is 14.1 Å². The highest BCUT2D eigenvalue weighted by atomic mass is 35.5. The number of halogens is 1. The number of methoxy groups -OCH3 is 1. The Bertz CT molecular complexity index is 988. The van der Waals surface area contributed by atoms with Crippen molar-refractivity contribution in [1.82, 2.24) is 9.72 Å². The normalized spacial score (nSPS) is 10.8. The molecule has 0 bridgehead atoms. The number of hydrogen-bond acceptors (Lipinski definition) is 4. The van der Waals surface area contributed by atoms with Crippen LogP contribution in [0.25, 0.3) is 5.82 Å². The molecule has 0 saturated heterocycles. The molecule has 0 radical (unpaired) electrons. The third kappa shape index (κ3) is 3.20. The summed E-state index contributed by atoms with van der Waals surface area (Å²) in [5, 5.41) is 7.52. The second-order valence-electron chi connectivity index (χ2n) is 6.17.